The molecule has 2 amide bonds. The van der Waals surface area contributed by atoms with Crippen molar-refractivity contribution in [3.05, 3.63) is 11.3 Å². The van der Waals surface area contributed by atoms with Gasteiger partial charge in [-0.3, -0.25) is 9.69 Å². The normalized spacial score (nSPS) is 21.8. The number of hydrogen-bond donors (Lipinski definition) is 1. The van der Waals surface area contributed by atoms with Gasteiger partial charge in [0.25, 0.3) is 5.91 Å². The molecule has 2 unspecified atom stereocenters. The summed E-state index contributed by atoms with van der Waals surface area (Å²) >= 11 is 0. The molecular formula is C22H34N2O5Si. The molecule has 1 fully saturated rings. The summed E-state index contributed by atoms with van der Waals surface area (Å²) in [5, 5.41) is 2.64. The van der Waals surface area contributed by atoms with Gasteiger partial charge in [-0.1, -0.05) is 25.6 Å². The summed E-state index contributed by atoms with van der Waals surface area (Å²) in [5.41, 5.74) is 2.76. The Hall–Kier alpha value is -2.27. The van der Waals surface area contributed by atoms with Crippen LogP contribution in [0, 0.1) is 11.5 Å². The first kappa shape index (κ1) is 24.0. The van der Waals surface area contributed by atoms with Gasteiger partial charge in [0, 0.05) is 5.57 Å². The van der Waals surface area contributed by atoms with E-state index in [0.717, 1.165) is 0 Å². The van der Waals surface area contributed by atoms with Crippen molar-refractivity contribution in [1.82, 2.24) is 10.2 Å². The average Bonchev–Trinajstić information content (AvgIpc) is 2.53. The van der Waals surface area contributed by atoms with Crippen LogP contribution in [0.3, 0.4) is 0 Å². The van der Waals surface area contributed by atoms with Crippen molar-refractivity contribution in [3.63, 3.8) is 0 Å². The van der Waals surface area contributed by atoms with Gasteiger partial charge < -0.3 is 14.8 Å². The van der Waals surface area contributed by atoms with E-state index in [1.165, 1.54) is 4.90 Å². The van der Waals surface area contributed by atoms with Crippen LogP contribution in [0.2, 0.25) is 19.6 Å². The predicted molar refractivity (Wildman–Crippen MR) is 117 cm³/mol. The molecule has 7 nitrogen and oxygen atoms in total. The molecule has 1 N–H and O–H groups in total. The van der Waals surface area contributed by atoms with Gasteiger partial charge in [0.1, 0.15) is 31.0 Å². The number of β-lactam (4-membered cyclic amide) rings is 1. The van der Waals surface area contributed by atoms with Crippen molar-refractivity contribution in [2.24, 2.45) is 0 Å². The third-order valence-corrected chi connectivity index (χ3v) is 5.16. The molecule has 8 heteroatoms. The molecule has 2 aliphatic heterocycles. The number of alkyl carbamates (subject to hydrolysis) is 1. The maximum atomic E-state index is 13.0. The molecule has 0 spiro atoms. The van der Waals surface area contributed by atoms with Crippen LogP contribution < -0.4 is 5.32 Å². The lowest BCUT2D eigenvalue weighted by Gasteiger charge is -2.50. The number of nitrogens with one attached hydrogen (secondary N) is 1. The van der Waals surface area contributed by atoms with Gasteiger partial charge >= 0.3 is 12.1 Å². The molecule has 0 bridgehead atoms. The smallest absolute Gasteiger partial charge is 0.408 e. The molecule has 0 radical (unpaired) electrons. The van der Waals surface area contributed by atoms with Crippen molar-refractivity contribution < 1.29 is 23.9 Å². The molecule has 1 saturated heterocycles. The number of hydrogen-bond acceptors (Lipinski definition) is 5. The molecule has 0 aromatic heterocycles. The maximum absolute atomic E-state index is 13.0. The molecule has 2 rings (SSSR count). The number of carbonyl (C=O) groups is 3. The lowest BCUT2D eigenvalue weighted by atomic mass is 9.83. The minimum Gasteiger partial charge on any atom is -0.455 e. The number of esters is 1. The number of ether oxygens (including phenoxy) is 2. The summed E-state index contributed by atoms with van der Waals surface area (Å²) in [4.78, 5) is 39.4. The minimum absolute atomic E-state index is 0.208. The van der Waals surface area contributed by atoms with Crippen LogP contribution in [0.5, 0.6) is 0 Å². The fourth-order valence-electron chi connectivity index (χ4n) is 3.20. The number of fused-ring (bicyclic) bond motifs is 1. The van der Waals surface area contributed by atoms with Gasteiger partial charge in [0.05, 0.1) is 6.04 Å². The number of rotatable bonds is 2. The molecule has 2 heterocycles. The van der Waals surface area contributed by atoms with E-state index in [1.54, 1.807) is 41.5 Å². The van der Waals surface area contributed by atoms with Crippen molar-refractivity contribution in [2.75, 3.05) is 0 Å². The van der Waals surface area contributed by atoms with Crippen LogP contribution in [-0.4, -0.2) is 54.2 Å². The molecular weight excluding hydrogens is 400 g/mol. The van der Waals surface area contributed by atoms with Crippen molar-refractivity contribution in [1.29, 1.82) is 0 Å². The van der Waals surface area contributed by atoms with Gasteiger partial charge in [-0.2, -0.15) is 0 Å². The van der Waals surface area contributed by atoms with Gasteiger partial charge in [-0.15, -0.1) is 5.54 Å². The highest BCUT2D eigenvalue weighted by molar-refractivity contribution is 6.83. The molecule has 0 aromatic carbocycles. The highest BCUT2D eigenvalue weighted by Gasteiger charge is 2.54. The Balaban J connectivity index is 2.32. The summed E-state index contributed by atoms with van der Waals surface area (Å²) in [6, 6.07) is -1.03. The third kappa shape index (κ3) is 6.11. The summed E-state index contributed by atoms with van der Waals surface area (Å²) in [6.07, 6.45) is 0.508. The molecule has 2 aliphatic rings. The summed E-state index contributed by atoms with van der Waals surface area (Å²) in [5.74, 6) is 2.25. The zero-order valence-electron chi connectivity index (χ0n) is 19.6. The van der Waals surface area contributed by atoms with Crippen LogP contribution in [0.4, 0.5) is 4.79 Å². The largest absolute Gasteiger partial charge is 0.455 e. The summed E-state index contributed by atoms with van der Waals surface area (Å²) in [7, 11) is -1.67. The van der Waals surface area contributed by atoms with E-state index >= 15 is 0 Å². The molecule has 0 saturated carbocycles. The SMILES string of the molecule is CC(C)(C)OC(=O)NC1C(=O)N2C(C(=O)OC(C)(C)C)=C(C#C[Si](C)(C)C)CCC12. The second-order valence-corrected chi connectivity index (χ2v) is 15.5. The van der Waals surface area contributed by atoms with Crippen molar-refractivity contribution in [2.45, 2.75) is 97.3 Å². The number of amides is 2. The van der Waals surface area contributed by atoms with E-state index in [9.17, 15) is 14.4 Å². The Labute approximate surface area is 180 Å². The van der Waals surface area contributed by atoms with Crippen LogP contribution in [0.15, 0.2) is 11.3 Å². The molecule has 166 valence electrons. The highest BCUT2D eigenvalue weighted by atomic mass is 28.3. The fraction of sp³-hybridized carbons (Fsp3) is 0.682. The van der Waals surface area contributed by atoms with E-state index in [0.29, 0.717) is 18.4 Å². The lowest BCUT2D eigenvalue weighted by molar-refractivity contribution is -0.161. The Kier molecular flexibility index (Phi) is 6.48. The number of allylic oxidation sites excluding steroid dienone is 1. The second kappa shape index (κ2) is 8.10. The predicted octanol–water partition coefficient (Wildman–Crippen LogP) is 3.36. The van der Waals surface area contributed by atoms with Gasteiger partial charge in [0.2, 0.25) is 0 Å². The van der Waals surface area contributed by atoms with Crippen LogP contribution >= 0.6 is 0 Å². The van der Waals surface area contributed by atoms with E-state index < -0.39 is 37.4 Å². The van der Waals surface area contributed by atoms with Crippen LogP contribution in [0.25, 0.3) is 0 Å². The summed E-state index contributed by atoms with van der Waals surface area (Å²) in [6.45, 7) is 17.0. The second-order valence-electron chi connectivity index (χ2n) is 10.8. The molecule has 0 aliphatic carbocycles. The Morgan fingerprint density at radius 3 is 2.13 bits per heavy atom. The van der Waals surface area contributed by atoms with E-state index in [2.05, 4.69) is 36.4 Å². The fourth-order valence-corrected chi connectivity index (χ4v) is 3.72. The molecule has 30 heavy (non-hydrogen) atoms. The van der Waals surface area contributed by atoms with E-state index in [1.807, 2.05) is 0 Å². The molecule has 2 atom stereocenters. The standard InChI is InChI=1S/C22H34N2O5Si/c1-21(2,3)28-19(26)17-14(12-13-30(7,8)9)10-11-15-16(18(25)24(15)17)23-20(27)29-22(4,5)6/h15-16H,10-11H2,1-9H3,(H,23,27). The van der Waals surface area contributed by atoms with E-state index in [-0.39, 0.29) is 17.6 Å². The first-order valence-electron chi connectivity index (χ1n) is 10.3. The Morgan fingerprint density at radius 2 is 1.63 bits per heavy atom. The van der Waals surface area contributed by atoms with Crippen LogP contribution in [0.1, 0.15) is 54.4 Å². The average molecular weight is 435 g/mol. The third-order valence-electron chi connectivity index (χ3n) is 4.29. The van der Waals surface area contributed by atoms with Gasteiger partial charge in [-0.25, -0.2) is 9.59 Å². The van der Waals surface area contributed by atoms with Gasteiger partial charge in [-0.05, 0) is 54.4 Å². The maximum Gasteiger partial charge on any atom is 0.408 e. The minimum atomic E-state index is -1.67. The highest BCUT2D eigenvalue weighted by Crippen LogP contribution is 2.37. The Morgan fingerprint density at radius 1 is 1.07 bits per heavy atom. The van der Waals surface area contributed by atoms with Crippen molar-refractivity contribution in [3.8, 4) is 11.5 Å². The first-order valence-corrected chi connectivity index (χ1v) is 13.8. The zero-order valence-corrected chi connectivity index (χ0v) is 20.6. The van der Waals surface area contributed by atoms with Crippen molar-refractivity contribution >= 4 is 26.0 Å². The monoisotopic (exact) mass is 434 g/mol. The topological polar surface area (TPSA) is 84.9 Å². The number of nitrogens with zero attached hydrogens (tertiary/aromatic N) is 1. The molecule has 0 aromatic rings. The quantitative estimate of drug-likeness (QED) is 0.312. The lowest BCUT2D eigenvalue weighted by Crippen LogP contribution is -2.72. The summed E-state index contributed by atoms with van der Waals surface area (Å²) < 4.78 is 10.8. The first-order chi connectivity index (χ1) is 13.5. The number of carbonyl (C=O) groups excluding carboxylic acids is 3. The van der Waals surface area contributed by atoms with Gasteiger partial charge in [0.15, 0.2) is 0 Å². The van der Waals surface area contributed by atoms with Crippen LogP contribution in [-0.2, 0) is 19.1 Å². The van der Waals surface area contributed by atoms with E-state index in [4.69, 9.17) is 9.47 Å². The zero-order chi connectivity index (χ0) is 23.1. The Bertz CT molecular complexity index is 831.